The van der Waals surface area contributed by atoms with E-state index >= 15 is 0 Å². The molecule has 0 aliphatic carbocycles. The Hall–Kier alpha value is -2.08. The van der Waals surface area contributed by atoms with Crippen LogP contribution in [0.4, 0.5) is 28.9 Å². The average molecular weight is 298 g/mol. The Morgan fingerprint density at radius 2 is 1.71 bits per heavy atom. The predicted octanol–water partition coefficient (Wildman–Crippen LogP) is 4.07. The summed E-state index contributed by atoms with van der Waals surface area (Å²) in [4.78, 5) is 1.48. The Morgan fingerprint density at radius 1 is 1.05 bits per heavy atom. The summed E-state index contributed by atoms with van der Waals surface area (Å²) in [6.07, 6.45) is -4.43. The second kappa shape index (κ2) is 5.73. The molecule has 0 saturated carbocycles. The third-order valence-corrected chi connectivity index (χ3v) is 3.20. The van der Waals surface area contributed by atoms with E-state index in [0.717, 1.165) is 12.1 Å². The number of anilines is 2. The third kappa shape index (κ3) is 3.16. The quantitative estimate of drug-likeness (QED) is 0.865. The second-order valence-electron chi connectivity index (χ2n) is 4.56. The van der Waals surface area contributed by atoms with Crippen molar-refractivity contribution in [2.24, 2.45) is 5.73 Å². The van der Waals surface area contributed by atoms with E-state index in [1.54, 1.807) is 25.2 Å². The molecule has 0 aromatic heterocycles. The molecule has 2 nitrogen and oxygen atoms in total. The minimum atomic E-state index is -4.43. The molecule has 21 heavy (non-hydrogen) atoms. The molecule has 2 rings (SSSR count). The SMILES string of the molecule is CN(c1ccccc1F)c1ccc(C(F)(F)F)cc1CN. The highest BCUT2D eigenvalue weighted by molar-refractivity contribution is 5.66. The monoisotopic (exact) mass is 298 g/mol. The van der Waals surface area contributed by atoms with Crippen LogP contribution in [0.5, 0.6) is 0 Å². The largest absolute Gasteiger partial charge is 0.416 e. The Morgan fingerprint density at radius 3 is 2.29 bits per heavy atom. The number of nitrogens with two attached hydrogens (primary N) is 1. The minimum absolute atomic E-state index is 0.0714. The van der Waals surface area contributed by atoms with Crippen molar-refractivity contribution in [2.75, 3.05) is 11.9 Å². The Kier molecular flexibility index (Phi) is 4.18. The molecule has 0 atom stereocenters. The van der Waals surface area contributed by atoms with Crippen LogP contribution in [0.2, 0.25) is 0 Å². The number of hydrogen-bond acceptors (Lipinski definition) is 2. The molecule has 0 unspecified atom stereocenters. The number of hydrogen-bond donors (Lipinski definition) is 1. The zero-order chi connectivity index (χ0) is 15.6. The third-order valence-electron chi connectivity index (χ3n) is 3.20. The van der Waals surface area contributed by atoms with Crippen molar-refractivity contribution in [3.05, 3.63) is 59.4 Å². The molecule has 6 heteroatoms. The van der Waals surface area contributed by atoms with E-state index in [2.05, 4.69) is 0 Å². The molecule has 112 valence electrons. The summed E-state index contributed by atoms with van der Waals surface area (Å²) in [7, 11) is 1.58. The average Bonchev–Trinajstić information content (AvgIpc) is 2.45. The summed E-state index contributed by atoms with van der Waals surface area (Å²) in [6, 6.07) is 9.30. The molecule has 0 aliphatic heterocycles. The van der Waals surface area contributed by atoms with Gasteiger partial charge in [-0.15, -0.1) is 0 Å². The molecule has 0 spiro atoms. The van der Waals surface area contributed by atoms with Crippen molar-refractivity contribution in [3.8, 4) is 0 Å². The Balaban J connectivity index is 2.47. The van der Waals surface area contributed by atoms with Gasteiger partial charge in [0, 0.05) is 19.3 Å². The number of para-hydroxylation sites is 1. The van der Waals surface area contributed by atoms with Gasteiger partial charge in [-0.05, 0) is 35.9 Å². The molecular weight excluding hydrogens is 284 g/mol. The molecule has 0 amide bonds. The van der Waals surface area contributed by atoms with Gasteiger partial charge in [0.1, 0.15) is 5.82 Å². The molecule has 0 radical (unpaired) electrons. The van der Waals surface area contributed by atoms with Gasteiger partial charge in [0.25, 0.3) is 0 Å². The molecule has 2 aromatic carbocycles. The highest BCUT2D eigenvalue weighted by Gasteiger charge is 2.31. The van der Waals surface area contributed by atoms with Gasteiger partial charge in [0.15, 0.2) is 0 Å². The van der Waals surface area contributed by atoms with Crippen LogP contribution >= 0.6 is 0 Å². The summed E-state index contributed by atoms with van der Waals surface area (Å²) >= 11 is 0. The highest BCUT2D eigenvalue weighted by atomic mass is 19.4. The smallest absolute Gasteiger partial charge is 0.342 e. The first kappa shape index (κ1) is 15.3. The maximum Gasteiger partial charge on any atom is 0.416 e. The molecule has 2 aromatic rings. The molecule has 0 saturated heterocycles. The van der Waals surface area contributed by atoms with Crippen molar-refractivity contribution in [3.63, 3.8) is 0 Å². The van der Waals surface area contributed by atoms with Crippen LogP contribution in [0.1, 0.15) is 11.1 Å². The maximum atomic E-state index is 13.8. The number of nitrogens with zero attached hydrogens (tertiary/aromatic N) is 1. The molecule has 0 fully saturated rings. The van der Waals surface area contributed by atoms with Gasteiger partial charge in [-0.25, -0.2) is 4.39 Å². The zero-order valence-electron chi connectivity index (χ0n) is 11.3. The number of halogens is 4. The van der Waals surface area contributed by atoms with Crippen LogP contribution in [-0.4, -0.2) is 7.05 Å². The Labute approximate surface area is 119 Å². The van der Waals surface area contributed by atoms with Crippen molar-refractivity contribution in [2.45, 2.75) is 12.7 Å². The van der Waals surface area contributed by atoms with Gasteiger partial charge < -0.3 is 10.6 Å². The standard InChI is InChI=1S/C15H14F4N2/c1-21(14-5-3-2-4-12(14)16)13-7-6-11(15(17,18)19)8-10(13)9-20/h2-8H,9,20H2,1H3. The van der Waals surface area contributed by atoms with E-state index in [4.69, 9.17) is 5.73 Å². The van der Waals surface area contributed by atoms with Gasteiger partial charge >= 0.3 is 6.18 Å². The first-order chi connectivity index (χ1) is 9.84. The minimum Gasteiger partial charge on any atom is -0.342 e. The summed E-state index contributed by atoms with van der Waals surface area (Å²) in [6.45, 7) is -0.0714. The fraction of sp³-hybridized carbons (Fsp3) is 0.200. The summed E-state index contributed by atoms with van der Waals surface area (Å²) in [5.74, 6) is -0.456. The first-order valence-electron chi connectivity index (χ1n) is 6.23. The normalized spacial score (nSPS) is 11.5. The van der Waals surface area contributed by atoms with Crippen LogP contribution in [0.3, 0.4) is 0 Å². The maximum absolute atomic E-state index is 13.8. The molecule has 2 N–H and O–H groups in total. The van der Waals surface area contributed by atoms with Gasteiger partial charge in [-0.1, -0.05) is 12.1 Å². The van der Waals surface area contributed by atoms with Crippen molar-refractivity contribution >= 4 is 11.4 Å². The van der Waals surface area contributed by atoms with Crippen molar-refractivity contribution < 1.29 is 17.6 Å². The molecular formula is C15H14F4N2. The van der Waals surface area contributed by atoms with E-state index in [9.17, 15) is 17.6 Å². The number of rotatable bonds is 3. The van der Waals surface area contributed by atoms with E-state index in [1.165, 1.54) is 17.0 Å². The lowest BCUT2D eigenvalue weighted by Gasteiger charge is -2.23. The fourth-order valence-electron chi connectivity index (χ4n) is 2.11. The van der Waals surface area contributed by atoms with E-state index < -0.39 is 17.6 Å². The lowest BCUT2D eigenvalue weighted by atomic mass is 10.1. The van der Waals surface area contributed by atoms with Crippen LogP contribution < -0.4 is 10.6 Å². The lowest BCUT2D eigenvalue weighted by Crippen LogP contribution is -2.16. The van der Waals surface area contributed by atoms with Crippen molar-refractivity contribution in [1.82, 2.24) is 0 Å². The van der Waals surface area contributed by atoms with E-state index in [0.29, 0.717) is 11.3 Å². The van der Waals surface area contributed by atoms with Gasteiger partial charge in [0.2, 0.25) is 0 Å². The number of benzene rings is 2. The van der Waals surface area contributed by atoms with E-state index in [1.807, 2.05) is 0 Å². The first-order valence-corrected chi connectivity index (χ1v) is 6.23. The van der Waals surface area contributed by atoms with Crippen LogP contribution in [0, 0.1) is 5.82 Å². The molecule has 0 bridgehead atoms. The fourth-order valence-corrected chi connectivity index (χ4v) is 2.11. The lowest BCUT2D eigenvalue weighted by molar-refractivity contribution is -0.137. The molecule has 0 heterocycles. The summed E-state index contributed by atoms with van der Waals surface area (Å²) in [5, 5.41) is 0. The molecule has 0 aliphatic rings. The van der Waals surface area contributed by atoms with E-state index in [-0.39, 0.29) is 12.2 Å². The van der Waals surface area contributed by atoms with Gasteiger partial charge in [-0.3, -0.25) is 0 Å². The van der Waals surface area contributed by atoms with Gasteiger partial charge in [0.05, 0.1) is 11.3 Å². The highest BCUT2D eigenvalue weighted by Crippen LogP contribution is 2.35. The Bertz CT molecular complexity index is 638. The summed E-state index contributed by atoms with van der Waals surface area (Å²) in [5.41, 5.74) is 5.77. The van der Waals surface area contributed by atoms with Crippen LogP contribution in [0.15, 0.2) is 42.5 Å². The number of alkyl halides is 3. The summed E-state index contributed by atoms with van der Waals surface area (Å²) < 4.78 is 51.9. The second-order valence-corrected chi connectivity index (χ2v) is 4.56. The van der Waals surface area contributed by atoms with Gasteiger partial charge in [-0.2, -0.15) is 13.2 Å². The predicted molar refractivity (Wildman–Crippen MR) is 73.8 cm³/mol. The zero-order valence-corrected chi connectivity index (χ0v) is 11.3. The van der Waals surface area contributed by atoms with Crippen molar-refractivity contribution in [1.29, 1.82) is 0 Å². The van der Waals surface area contributed by atoms with Crippen LogP contribution in [0.25, 0.3) is 0 Å². The van der Waals surface area contributed by atoms with Crippen LogP contribution in [-0.2, 0) is 12.7 Å². The topological polar surface area (TPSA) is 29.3 Å².